The molecule has 14 heavy (non-hydrogen) atoms. The number of ketones is 1. The lowest BCUT2D eigenvalue weighted by Crippen LogP contribution is -2.23. The lowest BCUT2D eigenvalue weighted by molar-refractivity contribution is 0.0921. The molecule has 0 radical (unpaired) electrons. The summed E-state index contributed by atoms with van der Waals surface area (Å²) in [5, 5.41) is 1.91. The molecular formula is C10H14BrNOS. The molecule has 0 amide bonds. The van der Waals surface area contributed by atoms with E-state index in [9.17, 15) is 4.79 Å². The molecule has 1 aromatic rings. The minimum Gasteiger partial charge on any atom is -0.330 e. The standard InChI is InChI=1S/C10H14BrNOS/c1-2-3-7(6-12)9(13)10-8(11)4-5-14-10/h4-5,7H,2-3,6,12H2,1H3. The second-order valence-electron chi connectivity index (χ2n) is 3.18. The van der Waals surface area contributed by atoms with E-state index in [4.69, 9.17) is 5.73 Å². The molecule has 1 aromatic heterocycles. The first-order chi connectivity index (χ1) is 6.70. The average Bonchev–Trinajstić information content (AvgIpc) is 2.59. The van der Waals surface area contributed by atoms with E-state index >= 15 is 0 Å². The molecule has 0 saturated carbocycles. The Hall–Kier alpha value is -0.190. The summed E-state index contributed by atoms with van der Waals surface area (Å²) in [4.78, 5) is 12.7. The van der Waals surface area contributed by atoms with Crippen molar-refractivity contribution in [2.75, 3.05) is 6.54 Å². The maximum atomic E-state index is 11.9. The molecule has 1 rings (SSSR count). The Bertz CT molecular complexity index is 311. The molecule has 0 bridgehead atoms. The van der Waals surface area contributed by atoms with Crippen LogP contribution in [0.3, 0.4) is 0 Å². The van der Waals surface area contributed by atoms with Gasteiger partial charge in [0.25, 0.3) is 0 Å². The molecule has 0 aromatic carbocycles. The van der Waals surface area contributed by atoms with Gasteiger partial charge in [-0.2, -0.15) is 0 Å². The van der Waals surface area contributed by atoms with E-state index in [1.165, 1.54) is 11.3 Å². The van der Waals surface area contributed by atoms with Crippen LogP contribution in [0.15, 0.2) is 15.9 Å². The van der Waals surface area contributed by atoms with Crippen molar-refractivity contribution in [1.82, 2.24) is 0 Å². The smallest absolute Gasteiger partial charge is 0.178 e. The zero-order valence-corrected chi connectivity index (χ0v) is 10.5. The number of carbonyl (C=O) groups excluding carboxylic acids is 1. The summed E-state index contributed by atoms with van der Waals surface area (Å²) in [6.07, 6.45) is 1.87. The van der Waals surface area contributed by atoms with Crippen LogP contribution >= 0.6 is 27.3 Å². The van der Waals surface area contributed by atoms with Gasteiger partial charge in [-0.3, -0.25) is 4.79 Å². The zero-order chi connectivity index (χ0) is 10.6. The van der Waals surface area contributed by atoms with E-state index in [0.29, 0.717) is 6.54 Å². The van der Waals surface area contributed by atoms with Gasteiger partial charge in [0.1, 0.15) is 0 Å². The van der Waals surface area contributed by atoms with Crippen LogP contribution in [0.1, 0.15) is 29.4 Å². The van der Waals surface area contributed by atoms with E-state index in [1.54, 1.807) is 0 Å². The third-order valence-corrected chi connectivity index (χ3v) is 3.99. The Kier molecular flexibility index (Phi) is 4.78. The summed E-state index contributed by atoms with van der Waals surface area (Å²) in [6.45, 7) is 2.51. The van der Waals surface area contributed by atoms with Gasteiger partial charge in [-0.1, -0.05) is 13.3 Å². The van der Waals surface area contributed by atoms with Crippen molar-refractivity contribution < 1.29 is 4.79 Å². The van der Waals surface area contributed by atoms with Crippen LogP contribution in [0.25, 0.3) is 0 Å². The Morgan fingerprint density at radius 2 is 2.43 bits per heavy atom. The molecule has 0 spiro atoms. The van der Waals surface area contributed by atoms with Crippen LogP contribution in [0.4, 0.5) is 0 Å². The van der Waals surface area contributed by atoms with E-state index in [2.05, 4.69) is 22.9 Å². The van der Waals surface area contributed by atoms with Crippen molar-refractivity contribution in [3.8, 4) is 0 Å². The first-order valence-corrected chi connectivity index (χ1v) is 6.35. The average molecular weight is 276 g/mol. The Morgan fingerprint density at radius 1 is 1.71 bits per heavy atom. The van der Waals surface area contributed by atoms with Crippen molar-refractivity contribution in [3.63, 3.8) is 0 Å². The molecular weight excluding hydrogens is 262 g/mol. The lowest BCUT2D eigenvalue weighted by Gasteiger charge is -2.11. The minimum atomic E-state index is -0.0186. The second kappa shape index (κ2) is 5.63. The fourth-order valence-electron chi connectivity index (χ4n) is 1.36. The van der Waals surface area contributed by atoms with Crippen LogP contribution in [0.5, 0.6) is 0 Å². The van der Waals surface area contributed by atoms with Crippen LogP contribution in [0.2, 0.25) is 0 Å². The van der Waals surface area contributed by atoms with E-state index in [-0.39, 0.29) is 11.7 Å². The maximum absolute atomic E-state index is 11.9. The number of hydrogen-bond acceptors (Lipinski definition) is 3. The fraction of sp³-hybridized carbons (Fsp3) is 0.500. The predicted octanol–water partition coefficient (Wildman–Crippen LogP) is 3.07. The predicted molar refractivity (Wildman–Crippen MR) is 63.8 cm³/mol. The summed E-state index contributed by atoms with van der Waals surface area (Å²) in [7, 11) is 0. The van der Waals surface area contributed by atoms with Crippen molar-refractivity contribution in [2.45, 2.75) is 19.8 Å². The number of thiophene rings is 1. The van der Waals surface area contributed by atoms with Gasteiger partial charge in [0.05, 0.1) is 4.88 Å². The highest BCUT2D eigenvalue weighted by Gasteiger charge is 2.20. The molecule has 4 heteroatoms. The summed E-state index contributed by atoms with van der Waals surface area (Å²) >= 11 is 4.84. The first kappa shape index (κ1) is 11.9. The van der Waals surface area contributed by atoms with Crippen LogP contribution < -0.4 is 5.73 Å². The SMILES string of the molecule is CCCC(CN)C(=O)c1sccc1Br. The van der Waals surface area contributed by atoms with Crippen molar-refractivity contribution in [1.29, 1.82) is 0 Å². The van der Waals surface area contributed by atoms with Crippen molar-refractivity contribution in [2.24, 2.45) is 11.7 Å². The number of halogens is 1. The van der Waals surface area contributed by atoms with Crippen molar-refractivity contribution >= 4 is 33.0 Å². The summed E-state index contributed by atoms with van der Waals surface area (Å²) in [6, 6.07) is 1.90. The van der Waals surface area contributed by atoms with Gasteiger partial charge in [-0.05, 0) is 33.8 Å². The van der Waals surface area contributed by atoms with E-state index < -0.39 is 0 Å². The third-order valence-electron chi connectivity index (χ3n) is 2.13. The van der Waals surface area contributed by atoms with Gasteiger partial charge < -0.3 is 5.73 Å². The molecule has 0 aliphatic carbocycles. The monoisotopic (exact) mass is 275 g/mol. The molecule has 1 unspecified atom stereocenters. The van der Waals surface area contributed by atoms with Crippen molar-refractivity contribution in [3.05, 3.63) is 20.8 Å². The third kappa shape index (κ3) is 2.65. The first-order valence-electron chi connectivity index (χ1n) is 4.68. The van der Waals surface area contributed by atoms with Crippen LogP contribution in [0, 0.1) is 5.92 Å². The van der Waals surface area contributed by atoms with E-state index in [0.717, 1.165) is 22.2 Å². The highest BCUT2D eigenvalue weighted by atomic mass is 79.9. The molecule has 0 aliphatic rings. The van der Waals surface area contributed by atoms with Gasteiger partial charge >= 0.3 is 0 Å². The molecule has 0 fully saturated rings. The topological polar surface area (TPSA) is 43.1 Å². The summed E-state index contributed by atoms with van der Waals surface area (Å²) < 4.78 is 0.891. The number of nitrogens with two attached hydrogens (primary N) is 1. The van der Waals surface area contributed by atoms with E-state index in [1.807, 2.05) is 11.4 Å². The van der Waals surface area contributed by atoms with Gasteiger partial charge in [0.2, 0.25) is 0 Å². The molecule has 2 nitrogen and oxygen atoms in total. The van der Waals surface area contributed by atoms with Crippen LogP contribution in [-0.4, -0.2) is 12.3 Å². The molecule has 0 saturated heterocycles. The number of rotatable bonds is 5. The normalized spacial score (nSPS) is 12.8. The van der Waals surface area contributed by atoms with Gasteiger partial charge in [-0.25, -0.2) is 0 Å². The molecule has 2 N–H and O–H groups in total. The zero-order valence-electron chi connectivity index (χ0n) is 8.13. The Balaban J connectivity index is 2.78. The molecule has 1 atom stereocenters. The fourth-order valence-corrected chi connectivity index (χ4v) is 2.95. The van der Waals surface area contributed by atoms with Crippen LogP contribution in [-0.2, 0) is 0 Å². The largest absolute Gasteiger partial charge is 0.330 e. The highest BCUT2D eigenvalue weighted by Crippen LogP contribution is 2.26. The maximum Gasteiger partial charge on any atom is 0.178 e. The number of Topliss-reactive ketones (excluding diaryl/α,β-unsaturated/α-hetero) is 1. The lowest BCUT2D eigenvalue weighted by atomic mass is 9.98. The molecule has 78 valence electrons. The summed E-state index contributed by atoms with van der Waals surface area (Å²) in [5.74, 6) is 0.158. The number of carbonyl (C=O) groups is 1. The Morgan fingerprint density at radius 3 is 2.86 bits per heavy atom. The van der Waals surface area contributed by atoms with Gasteiger partial charge in [-0.15, -0.1) is 11.3 Å². The van der Waals surface area contributed by atoms with Gasteiger partial charge in [0.15, 0.2) is 5.78 Å². The second-order valence-corrected chi connectivity index (χ2v) is 4.95. The van der Waals surface area contributed by atoms with Gasteiger partial charge in [0, 0.05) is 16.9 Å². The Labute approximate surface area is 96.6 Å². The quantitative estimate of drug-likeness (QED) is 0.840. The minimum absolute atomic E-state index is 0.0186. The highest BCUT2D eigenvalue weighted by molar-refractivity contribution is 9.10. The summed E-state index contributed by atoms with van der Waals surface area (Å²) in [5.41, 5.74) is 5.58. The molecule has 0 aliphatic heterocycles. The number of hydrogen-bond donors (Lipinski definition) is 1. The molecule has 1 heterocycles.